The van der Waals surface area contributed by atoms with Crippen LogP contribution in [0.5, 0.6) is 5.75 Å². The van der Waals surface area contributed by atoms with E-state index in [0.717, 1.165) is 48.0 Å². The normalized spacial score (nSPS) is 16.2. The maximum Gasteiger partial charge on any atom is 0.311 e. The molecule has 0 bridgehead atoms. The number of hydrogen-bond donors (Lipinski definition) is 1. The van der Waals surface area contributed by atoms with Gasteiger partial charge in [0.2, 0.25) is 0 Å². The zero-order valence-electron chi connectivity index (χ0n) is 17.2. The molecule has 1 unspecified atom stereocenters. The highest BCUT2D eigenvalue weighted by Crippen LogP contribution is 2.41. The molecule has 0 spiro atoms. The van der Waals surface area contributed by atoms with E-state index in [0.29, 0.717) is 18.9 Å². The predicted octanol–water partition coefficient (Wildman–Crippen LogP) is 5.62. The van der Waals surface area contributed by atoms with Gasteiger partial charge in [0.1, 0.15) is 5.75 Å². The summed E-state index contributed by atoms with van der Waals surface area (Å²) in [5.74, 6) is 0.252. The maximum absolute atomic E-state index is 12.0. The summed E-state index contributed by atoms with van der Waals surface area (Å²) < 4.78 is 8.30. The van der Waals surface area contributed by atoms with Crippen LogP contribution < -0.4 is 4.74 Å². The number of fused-ring (bicyclic) bond motifs is 3. The van der Waals surface area contributed by atoms with Gasteiger partial charge in [0.15, 0.2) is 0 Å². The molecule has 0 saturated carbocycles. The fourth-order valence-corrected chi connectivity index (χ4v) is 4.38. The number of nitrogens with zero attached hydrogens (tertiary/aromatic N) is 1. The Kier molecular flexibility index (Phi) is 5.61. The minimum Gasteiger partial charge on any atom is -0.494 e. The molecule has 1 N–H and O–H groups in total. The molecule has 29 heavy (non-hydrogen) atoms. The van der Waals surface area contributed by atoms with Crippen molar-refractivity contribution in [2.45, 2.75) is 52.0 Å². The summed E-state index contributed by atoms with van der Waals surface area (Å²) in [6, 6.07) is 16.5. The van der Waals surface area contributed by atoms with Crippen molar-refractivity contribution in [2.24, 2.45) is 5.92 Å². The molecule has 4 nitrogen and oxygen atoms in total. The van der Waals surface area contributed by atoms with Crippen LogP contribution in [0.3, 0.4) is 0 Å². The van der Waals surface area contributed by atoms with Crippen molar-refractivity contribution in [1.29, 1.82) is 0 Å². The van der Waals surface area contributed by atoms with Crippen molar-refractivity contribution in [3.8, 4) is 5.75 Å². The fourth-order valence-electron chi connectivity index (χ4n) is 4.38. The van der Waals surface area contributed by atoms with Gasteiger partial charge in [-0.2, -0.15) is 0 Å². The number of carbonyl (C=O) groups is 1. The Labute approximate surface area is 172 Å². The van der Waals surface area contributed by atoms with Gasteiger partial charge in [-0.3, -0.25) is 4.79 Å². The van der Waals surface area contributed by atoms with Crippen molar-refractivity contribution >= 4 is 16.9 Å². The number of carboxylic acids is 1. The van der Waals surface area contributed by atoms with Crippen LogP contribution in [0, 0.1) is 5.92 Å². The van der Waals surface area contributed by atoms with Crippen LogP contribution in [-0.4, -0.2) is 22.2 Å². The van der Waals surface area contributed by atoms with E-state index in [4.69, 9.17) is 4.74 Å². The van der Waals surface area contributed by atoms with E-state index in [1.54, 1.807) is 0 Å². The molecule has 0 amide bonds. The number of aromatic nitrogens is 1. The zero-order valence-corrected chi connectivity index (χ0v) is 17.2. The molecular formula is C25H29NO3. The summed E-state index contributed by atoms with van der Waals surface area (Å²) in [5.41, 5.74) is 4.48. The van der Waals surface area contributed by atoms with Gasteiger partial charge in [-0.25, -0.2) is 0 Å². The summed E-state index contributed by atoms with van der Waals surface area (Å²) in [4.78, 5) is 12.0. The first-order valence-corrected chi connectivity index (χ1v) is 10.6. The Balaban J connectivity index is 1.79. The third kappa shape index (κ3) is 4.02. The molecule has 0 saturated heterocycles. The van der Waals surface area contributed by atoms with Gasteiger partial charge in [0.05, 0.1) is 12.5 Å². The highest BCUT2D eigenvalue weighted by Gasteiger charge is 2.32. The van der Waals surface area contributed by atoms with E-state index in [1.165, 1.54) is 11.3 Å². The van der Waals surface area contributed by atoms with Gasteiger partial charge in [-0.05, 0) is 60.9 Å². The van der Waals surface area contributed by atoms with Crippen molar-refractivity contribution < 1.29 is 14.6 Å². The van der Waals surface area contributed by atoms with Crippen molar-refractivity contribution in [2.75, 3.05) is 6.61 Å². The molecule has 1 atom stereocenters. The summed E-state index contributed by atoms with van der Waals surface area (Å²) in [6.45, 7) is 5.80. The van der Waals surface area contributed by atoms with E-state index in [9.17, 15) is 9.90 Å². The average molecular weight is 392 g/mol. The molecule has 1 aromatic heterocycles. The van der Waals surface area contributed by atoms with Crippen LogP contribution in [0.4, 0.5) is 0 Å². The Morgan fingerprint density at radius 2 is 2.00 bits per heavy atom. The number of ether oxygens (including phenoxy) is 1. The first-order valence-electron chi connectivity index (χ1n) is 10.6. The molecule has 1 aliphatic rings. The molecule has 0 radical (unpaired) electrons. The van der Waals surface area contributed by atoms with Gasteiger partial charge >= 0.3 is 5.97 Å². The molecule has 152 valence electrons. The number of benzene rings is 2. The molecular weight excluding hydrogens is 362 g/mol. The van der Waals surface area contributed by atoms with Crippen molar-refractivity contribution in [3.05, 3.63) is 65.4 Å². The summed E-state index contributed by atoms with van der Waals surface area (Å²) >= 11 is 0. The Bertz CT molecular complexity index is 1000. The lowest BCUT2D eigenvalue weighted by Crippen LogP contribution is -2.19. The Morgan fingerprint density at radius 3 is 2.72 bits per heavy atom. The molecule has 4 rings (SSSR count). The maximum atomic E-state index is 12.0. The predicted molar refractivity (Wildman–Crippen MR) is 116 cm³/mol. The standard InChI is InChI=1S/C25H29NO3/c1-17(2)13-14-29-19-11-12-22-21(15-19)24-20(25(27)28)9-6-10-23(24)26(22)16-18-7-4-3-5-8-18/h3-5,7-8,11-12,15,17,20H,6,9-10,13-14,16H2,1-2H3,(H,27,28). The Hall–Kier alpha value is -2.75. The second-order valence-corrected chi connectivity index (χ2v) is 8.43. The van der Waals surface area contributed by atoms with Crippen LogP contribution in [0.2, 0.25) is 0 Å². The molecule has 0 aliphatic heterocycles. The molecule has 4 heteroatoms. The van der Waals surface area contributed by atoms with Crippen LogP contribution >= 0.6 is 0 Å². The van der Waals surface area contributed by atoms with Gasteiger partial charge in [0.25, 0.3) is 0 Å². The lowest BCUT2D eigenvalue weighted by molar-refractivity contribution is -0.139. The van der Waals surface area contributed by atoms with E-state index in [-0.39, 0.29) is 0 Å². The minimum atomic E-state index is -0.726. The van der Waals surface area contributed by atoms with Crippen LogP contribution in [0.15, 0.2) is 48.5 Å². The number of carboxylic acid groups (broad SMARTS) is 1. The van der Waals surface area contributed by atoms with Gasteiger partial charge in [-0.15, -0.1) is 0 Å². The lowest BCUT2D eigenvalue weighted by atomic mass is 9.85. The molecule has 3 aromatic rings. The van der Waals surface area contributed by atoms with Gasteiger partial charge in [-0.1, -0.05) is 44.2 Å². The number of rotatable bonds is 7. The number of hydrogen-bond acceptors (Lipinski definition) is 2. The van der Waals surface area contributed by atoms with Crippen molar-refractivity contribution in [3.63, 3.8) is 0 Å². The summed E-state index contributed by atoms with van der Waals surface area (Å²) in [5, 5.41) is 10.9. The van der Waals surface area contributed by atoms with E-state index in [1.807, 2.05) is 24.3 Å². The third-order valence-electron chi connectivity index (χ3n) is 5.89. The average Bonchev–Trinajstić information content (AvgIpc) is 3.02. The summed E-state index contributed by atoms with van der Waals surface area (Å²) in [6.07, 6.45) is 3.53. The highest BCUT2D eigenvalue weighted by molar-refractivity contribution is 5.92. The summed E-state index contributed by atoms with van der Waals surface area (Å²) in [7, 11) is 0. The molecule has 1 aliphatic carbocycles. The second-order valence-electron chi connectivity index (χ2n) is 8.43. The third-order valence-corrected chi connectivity index (χ3v) is 5.89. The highest BCUT2D eigenvalue weighted by atomic mass is 16.5. The molecule has 0 fully saturated rings. The Morgan fingerprint density at radius 1 is 1.21 bits per heavy atom. The topological polar surface area (TPSA) is 51.5 Å². The van der Waals surface area contributed by atoms with Crippen molar-refractivity contribution in [1.82, 2.24) is 4.57 Å². The largest absolute Gasteiger partial charge is 0.494 e. The van der Waals surface area contributed by atoms with Crippen LogP contribution in [0.25, 0.3) is 10.9 Å². The monoisotopic (exact) mass is 391 g/mol. The molecule has 2 aromatic carbocycles. The van der Waals surface area contributed by atoms with Gasteiger partial charge < -0.3 is 14.4 Å². The smallest absolute Gasteiger partial charge is 0.311 e. The van der Waals surface area contributed by atoms with E-state index >= 15 is 0 Å². The lowest BCUT2D eigenvalue weighted by Gasteiger charge is -2.21. The van der Waals surface area contributed by atoms with Crippen LogP contribution in [-0.2, 0) is 17.8 Å². The van der Waals surface area contributed by atoms with Gasteiger partial charge in [0, 0.05) is 23.1 Å². The quantitative estimate of drug-likeness (QED) is 0.569. The first-order chi connectivity index (χ1) is 14.0. The fraction of sp³-hybridized carbons (Fsp3) is 0.400. The minimum absolute atomic E-state index is 0.441. The SMILES string of the molecule is CC(C)CCOc1ccc2c(c1)c1c(n2Cc2ccccc2)CCCC1C(=O)O. The molecule has 1 heterocycles. The van der Waals surface area contributed by atoms with Crippen LogP contribution in [0.1, 0.15) is 55.8 Å². The number of aliphatic carboxylic acids is 1. The van der Waals surface area contributed by atoms with E-state index in [2.05, 4.69) is 42.7 Å². The first kappa shape index (κ1) is 19.6. The zero-order chi connectivity index (χ0) is 20.4. The second kappa shape index (κ2) is 8.32. The van der Waals surface area contributed by atoms with E-state index < -0.39 is 11.9 Å².